The molecule has 0 spiro atoms. The molecule has 0 bridgehead atoms. The molecule has 1 aliphatic heterocycles. The van der Waals surface area contributed by atoms with Gasteiger partial charge in [0.1, 0.15) is 0 Å². The Labute approximate surface area is 82.5 Å². The van der Waals surface area contributed by atoms with E-state index < -0.39 is 12.1 Å². The molecule has 2 rings (SSSR count). The molecule has 0 amide bonds. The van der Waals surface area contributed by atoms with E-state index in [1.165, 1.54) is 0 Å². The maximum absolute atomic E-state index is 9.32. The van der Waals surface area contributed by atoms with Crippen LogP contribution < -0.4 is 10.5 Å². The van der Waals surface area contributed by atoms with Crippen LogP contribution in [0.25, 0.3) is 0 Å². The van der Waals surface area contributed by atoms with Crippen LogP contribution in [0.3, 0.4) is 0 Å². The lowest BCUT2D eigenvalue weighted by molar-refractivity contribution is 0.162. The third-order valence-corrected chi connectivity index (χ3v) is 2.39. The van der Waals surface area contributed by atoms with Crippen LogP contribution in [0.2, 0.25) is 0 Å². The summed E-state index contributed by atoms with van der Waals surface area (Å²) in [5.74, 6) is 0. The van der Waals surface area contributed by atoms with E-state index in [4.69, 9.17) is 10.5 Å². The minimum Gasteiger partial charge on any atom is -0.465 e. The van der Waals surface area contributed by atoms with Gasteiger partial charge in [0.15, 0.2) is 0 Å². The first-order chi connectivity index (χ1) is 6.68. The largest absolute Gasteiger partial charge is 0.465 e. The molecule has 78 valence electrons. The molecule has 1 aromatic heterocycles. The minimum absolute atomic E-state index is 0.434. The zero-order valence-corrected chi connectivity index (χ0v) is 8.18. The Balaban J connectivity index is 2.23. The van der Waals surface area contributed by atoms with Crippen molar-refractivity contribution in [2.45, 2.75) is 32.0 Å². The lowest BCUT2D eigenvalue weighted by Crippen LogP contribution is -2.23. The predicted molar refractivity (Wildman–Crippen MR) is 50.9 cm³/mol. The van der Waals surface area contributed by atoms with Crippen molar-refractivity contribution < 1.29 is 9.84 Å². The Morgan fingerprint density at radius 2 is 2.50 bits per heavy atom. The highest BCUT2D eigenvalue weighted by atomic mass is 16.5. The first kappa shape index (κ1) is 9.48. The predicted octanol–water partition coefficient (Wildman–Crippen LogP) is 0.0462. The van der Waals surface area contributed by atoms with Gasteiger partial charge in [-0.05, 0) is 13.3 Å². The molecule has 3 N–H and O–H groups in total. The fraction of sp³-hybridized carbons (Fsp3) is 0.667. The lowest BCUT2D eigenvalue weighted by atomic mass is 10.1. The normalized spacial score (nSPS) is 19.6. The number of aliphatic hydroxyl groups excluding tert-OH is 1. The number of hydrogen-bond acceptors (Lipinski definition) is 4. The average Bonchev–Trinajstić information content (AvgIpc) is 2.59. The fourth-order valence-electron chi connectivity index (χ4n) is 1.50. The van der Waals surface area contributed by atoms with Gasteiger partial charge in [-0.15, -0.1) is 0 Å². The van der Waals surface area contributed by atoms with E-state index >= 15 is 0 Å². The van der Waals surface area contributed by atoms with E-state index in [2.05, 4.69) is 4.98 Å². The summed E-state index contributed by atoms with van der Waals surface area (Å²) < 4.78 is 7.28. The molecule has 0 radical (unpaired) electrons. The van der Waals surface area contributed by atoms with Gasteiger partial charge in [0.2, 0.25) is 0 Å². The number of nitrogens with zero attached hydrogens (tertiary/aromatic N) is 2. The molecule has 5 heteroatoms. The highest BCUT2D eigenvalue weighted by Gasteiger charge is 2.20. The van der Waals surface area contributed by atoms with Crippen molar-refractivity contribution in [3.63, 3.8) is 0 Å². The molecule has 1 aliphatic rings. The van der Waals surface area contributed by atoms with Crippen LogP contribution in [0.15, 0.2) is 6.20 Å². The quantitative estimate of drug-likeness (QED) is 0.702. The molecule has 0 aliphatic carbocycles. The Kier molecular flexibility index (Phi) is 2.43. The summed E-state index contributed by atoms with van der Waals surface area (Å²) in [4.78, 5) is 4.23. The number of ether oxygens (including phenoxy) is 1. The molecular weight excluding hydrogens is 182 g/mol. The Bertz CT molecular complexity index is 298. The lowest BCUT2D eigenvalue weighted by Gasteiger charge is -2.13. The van der Waals surface area contributed by atoms with Crippen molar-refractivity contribution in [1.29, 1.82) is 0 Å². The van der Waals surface area contributed by atoms with E-state index in [1.807, 2.05) is 10.8 Å². The number of nitrogens with two attached hydrogens (primary N) is 1. The van der Waals surface area contributed by atoms with Gasteiger partial charge in [-0.25, -0.2) is 0 Å². The minimum atomic E-state index is -0.591. The fourth-order valence-corrected chi connectivity index (χ4v) is 1.50. The highest BCUT2D eigenvalue weighted by Crippen LogP contribution is 2.21. The first-order valence-electron chi connectivity index (χ1n) is 4.82. The van der Waals surface area contributed by atoms with Gasteiger partial charge in [0.25, 0.3) is 6.01 Å². The molecule has 0 aromatic carbocycles. The number of aliphatic hydroxyl groups is 1. The standard InChI is InChI=1S/C9H15N3O2/c1-6(13)8(10)7-5-12-3-2-4-14-9(12)11-7/h5-6,8,13H,2-4,10H2,1H3. The Morgan fingerprint density at radius 3 is 3.14 bits per heavy atom. The van der Waals surface area contributed by atoms with Crippen LogP contribution >= 0.6 is 0 Å². The van der Waals surface area contributed by atoms with Crippen molar-refractivity contribution >= 4 is 0 Å². The second kappa shape index (κ2) is 3.59. The summed E-state index contributed by atoms with van der Waals surface area (Å²) in [6.45, 7) is 3.28. The number of aryl methyl sites for hydroxylation is 1. The van der Waals surface area contributed by atoms with Crippen molar-refractivity contribution in [3.05, 3.63) is 11.9 Å². The number of fused-ring (bicyclic) bond motifs is 1. The molecule has 2 heterocycles. The molecule has 2 atom stereocenters. The summed E-state index contributed by atoms with van der Waals surface area (Å²) in [6, 6.07) is 0.180. The smallest absolute Gasteiger partial charge is 0.296 e. The topological polar surface area (TPSA) is 73.3 Å². The second-order valence-corrected chi connectivity index (χ2v) is 3.61. The van der Waals surface area contributed by atoms with Crippen molar-refractivity contribution in [3.8, 4) is 6.01 Å². The summed E-state index contributed by atoms with van der Waals surface area (Å²) in [5.41, 5.74) is 6.46. The van der Waals surface area contributed by atoms with Crippen LogP contribution in [0.1, 0.15) is 25.1 Å². The molecule has 1 aromatic rings. The molecule has 2 unspecified atom stereocenters. The Morgan fingerprint density at radius 1 is 1.71 bits per heavy atom. The number of imidazole rings is 1. The molecular formula is C9H15N3O2. The Hall–Kier alpha value is -1.07. The highest BCUT2D eigenvalue weighted by molar-refractivity contribution is 5.14. The summed E-state index contributed by atoms with van der Waals surface area (Å²) in [5, 5.41) is 9.32. The summed E-state index contributed by atoms with van der Waals surface area (Å²) >= 11 is 0. The maximum Gasteiger partial charge on any atom is 0.296 e. The van der Waals surface area contributed by atoms with Crippen LogP contribution in [-0.4, -0.2) is 27.4 Å². The van der Waals surface area contributed by atoms with Gasteiger partial charge in [-0.1, -0.05) is 0 Å². The molecule has 14 heavy (non-hydrogen) atoms. The van der Waals surface area contributed by atoms with Gasteiger partial charge < -0.3 is 20.1 Å². The second-order valence-electron chi connectivity index (χ2n) is 3.61. The van der Waals surface area contributed by atoms with E-state index in [9.17, 15) is 5.11 Å². The van der Waals surface area contributed by atoms with E-state index in [1.54, 1.807) is 6.92 Å². The zero-order valence-electron chi connectivity index (χ0n) is 8.18. The van der Waals surface area contributed by atoms with Crippen LogP contribution in [0.4, 0.5) is 0 Å². The molecule has 5 nitrogen and oxygen atoms in total. The summed E-state index contributed by atoms with van der Waals surface area (Å²) in [6.07, 6.45) is 2.26. The summed E-state index contributed by atoms with van der Waals surface area (Å²) in [7, 11) is 0. The third-order valence-electron chi connectivity index (χ3n) is 2.39. The zero-order chi connectivity index (χ0) is 10.1. The average molecular weight is 197 g/mol. The van der Waals surface area contributed by atoms with Gasteiger partial charge in [-0.3, -0.25) is 0 Å². The monoisotopic (exact) mass is 197 g/mol. The van der Waals surface area contributed by atoms with Crippen molar-refractivity contribution in [1.82, 2.24) is 9.55 Å². The van der Waals surface area contributed by atoms with Crippen LogP contribution in [0.5, 0.6) is 6.01 Å². The number of hydrogen-bond donors (Lipinski definition) is 2. The maximum atomic E-state index is 9.32. The van der Waals surface area contributed by atoms with E-state index in [0.717, 1.165) is 13.0 Å². The van der Waals surface area contributed by atoms with Gasteiger partial charge in [0, 0.05) is 12.7 Å². The van der Waals surface area contributed by atoms with E-state index in [-0.39, 0.29) is 0 Å². The van der Waals surface area contributed by atoms with Crippen LogP contribution in [0, 0.1) is 0 Å². The van der Waals surface area contributed by atoms with Crippen LogP contribution in [-0.2, 0) is 6.54 Å². The molecule has 0 fully saturated rings. The van der Waals surface area contributed by atoms with Crippen molar-refractivity contribution in [2.24, 2.45) is 5.73 Å². The first-order valence-corrected chi connectivity index (χ1v) is 4.82. The SMILES string of the molecule is CC(O)C(N)c1cn2c(n1)OCCC2. The van der Waals surface area contributed by atoms with E-state index in [0.29, 0.717) is 18.3 Å². The number of rotatable bonds is 2. The third kappa shape index (κ3) is 1.60. The van der Waals surface area contributed by atoms with Gasteiger partial charge in [0.05, 0.1) is 24.4 Å². The van der Waals surface area contributed by atoms with Gasteiger partial charge >= 0.3 is 0 Å². The number of aromatic nitrogens is 2. The van der Waals surface area contributed by atoms with Crippen molar-refractivity contribution in [2.75, 3.05) is 6.61 Å². The molecule has 0 saturated heterocycles. The van der Waals surface area contributed by atoms with Gasteiger partial charge in [-0.2, -0.15) is 4.98 Å². The molecule has 0 saturated carbocycles.